The van der Waals surface area contributed by atoms with Gasteiger partial charge in [-0.25, -0.2) is 0 Å². The Kier molecular flexibility index (Phi) is 2.82. The molecule has 0 saturated carbocycles. The minimum atomic E-state index is 0.315. The highest BCUT2D eigenvalue weighted by Gasteiger charge is 2.28. The molecule has 1 fully saturated rings. The number of thioether (sulfide) groups is 1. The molecule has 0 unspecified atom stereocenters. The lowest BCUT2D eigenvalue weighted by Gasteiger charge is -1.98. The highest BCUT2D eigenvalue weighted by molar-refractivity contribution is 14.1. The fourth-order valence-electron chi connectivity index (χ4n) is 0.914. The summed E-state index contributed by atoms with van der Waals surface area (Å²) in [7, 11) is 0. The van der Waals surface area contributed by atoms with E-state index in [4.69, 9.17) is 0 Å². The van der Waals surface area contributed by atoms with Crippen LogP contribution >= 0.6 is 34.4 Å². The topological polar surface area (TPSA) is 17.1 Å². The number of hydrogen-bond acceptors (Lipinski definition) is 2. The Hall–Kier alpha value is 0.750. The normalized spacial score (nSPS) is 35.6. The first-order valence-corrected chi connectivity index (χ1v) is 5.41. The molecule has 52 valence electrons. The molecule has 0 aliphatic carbocycles. The third-order valence-corrected chi connectivity index (χ3v) is 4.46. The molecular weight excluding hydrogens is 247 g/mol. The van der Waals surface area contributed by atoms with E-state index in [1.807, 2.05) is 6.92 Å². The van der Waals surface area contributed by atoms with Gasteiger partial charge in [0.2, 0.25) is 0 Å². The predicted octanol–water partition coefficient (Wildman–Crippen LogP) is 2.09. The summed E-state index contributed by atoms with van der Waals surface area (Å²) in [6.45, 7) is 2.02. The predicted molar refractivity (Wildman–Crippen MR) is 49.1 cm³/mol. The quantitative estimate of drug-likeness (QED) is 0.528. The van der Waals surface area contributed by atoms with Gasteiger partial charge in [-0.1, -0.05) is 41.3 Å². The molecule has 1 heterocycles. The fraction of sp³-hybridized carbons (Fsp3) is 0.833. The molecule has 1 aliphatic rings. The number of halogens is 1. The summed E-state index contributed by atoms with van der Waals surface area (Å²) in [5, 5.41) is 0.991. The number of carbonyl (C=O) groups is 1. The Morgan fingerprint density at radius 1 is 1.89 bits per heavy atom. The van der Waals surface area contributed by atoms with Gasteiger partial charge in [0.15, 0.2) is 5.12 Å². The molecule has 0 aromatic carbocycles. The van der Waals surface area contributed by atoms with E-state index in [2.05, 4.69) is 22.6 Å². The lowest BCUT2D eigenvalue weighted by Crippen LogP contribution is -1.99. The molecule has 1 aliphatic heterocycles. The van der Waals surface area contributed by atoms with Crippen LogP contribution in [0.15, 0.2) is 0 Å². The van der Waals surface area contributed by atoms with Crippen LogP contribution in [0.5, 0.6) is 0 Å². The molecule has 1 rings (SSSR count). The SMILES string of the molecule is C[C@H]1C[C@H](CI)SC1=O. The molecule has 3 heteroatoms. The van der Waals surface area contributed by atoms with Crippen LogP contribution in [0.3, 0.4) is 0 Å². The number of hydrogen-bond donors (Lipinski definition) is 0. The Bertz CT molecular complexity index is 126. The molecule has 0 aromatic rings. The average Bonchev–Trinajstić information content (AvgIpc) is 2.13. The van der Waals surface area contributed by atoms with Gasteiger partial charge in [-0.15, -0.1) is 0 Å². The zero-order chi connectivity index (χ0) is 6.85. The zero-order valence-electron chi connectivity index (χ0n) is 5.26. The van der Waals surface area contributed by atoms with Crippen molar-refractivity contribution in [1.82, 2.24) is 0 Å². The molecule has 1 nitrogen and oxygen atoms in total. The van der Waals surface area contributed by atoms with Crippen LogP contribution in [0.4, 0.5) is 0 Å². The average molecular weight is 256 g/mol. The Labute approximate surface area is 73.1 Å². The number of rotatable bonds is 1. The van der Waals surface area contributed by atoms with Crippen molar-refractivity contribution in [2.45, 2.75) is 18.6 Å². The summed E-state index contributed by atoms with van der Waals surface area (Å²) in [6, 6.07) is 0. The maximum atomic E-state index is 10.9. The van der Waals surface area contributed by atoms with Crippen molar-refractivity contribution in [3.05, 3.63) is 0 Å². The first-order chi connectivity index (χ1) is 4.24. The maximum Gasteiger partial charge on any atom is 0.192 e. The first-order valence-electron chi connectivity index (χ1n) is 3.00. The van der Waals surface area contributed by atoms with Crippen molar-refractivity contribution in [1.29, 1.82) is 0 Å². The van der Waals surface area contributed by atoms with Crippen molar-refractivity contribution in [3.63, 3.8) is 0 Å². The summed E-state index contributed by atoms with van der Waals surface area (Å²) in [5.74, 6) is 0.315. The highest BCUT2D eigenvalue weighted by Crippen LogP contribution is 2.33. The van der Waals surface area contributed by atoms with Crippen molar-refractivity contribution in [3.8, 4) is 0 Å². The second kappa shape index (κ2) is 3.23. The van der Waals surface area contributed by atoms with E-state index < -0.39 is 0 Å². The summed E-state index contributed by atoms with van der Waals surface area (Å²) < 4.78 is 1.11. The van der Waals surface area contributed by atoms with E-state index in [9.17, 15) is 4.79 Å². The molecule has 1 saturated heterocycles. The van der Waals surface area contributed by atoms with Gasteiger partial charge >= 0.3 is 0 Å². The molecule has 0 N–H and O–H groups in total. The Balaban J connectivity index is 2.44. The van der Waals surface area contributed by atoms with Crippen LogP contribution in [-0.2, 0) is 4.79 Å². The van der Waals surface area contributed by atoms with E-state index in [-0.39, 0.29) is 0 Å². The zero-order valence-corrected chi connectivity index (χ0v) is 8.24. The largest absolute Gasteiger partial charge is 0.287 e. The van der Waals surface area contributed by atoms with Gasteiger partial charge < -0.3 is 0 Å². The van der Waals surface area contributed by atoms with Crippen LogP contribution in [0, 0.1) is 5.92 Å². The molecule has 2 atom stereocenters. The van der Waals surface area contributed by atoms with Crippen LogP contribution in [-0.4, -0.2) is 14.8 Å². The first kappa shape index (κ1) is 7.85. The molecule has 0 bridgehead atoms. The molecular formula is C6H9IOS. The van der Waals surface area contributed by atoms with Crippen molar-refractivity contribution in [2.75, 3.05) is 4.43 Å². The van der Waals surface area contributed by atoms with Crippen LogP contribution < -0.4 is 0 Å². The number of carbonyl (C=O) groups excluding carboxylic acids is 1. The summed E-state index contributed by atoms with van der Waals surface area (Å²) in [4.78, 5) is 10.9. The van der Waals surface area contributed by atoms with Gasteiger partial charge in [0, 0.05) is 15.6 Å². The Morgan fingerprint density at radius 3 is 2.78 bits per heavy atom. The van der Waals surface area contributed by atoms with Crippen molar-refractivity contribution < 1.29 is 4.79 Å². The van der Waals surface area contributed by atoms with E-state index in [1.54, 1.807) is 0 Å². The lowest BCUT2D eigenvalue weighted by atomic mass is 10.1. The molecule has 0 spiro atoms. The highest BCUT2D eigenvalue weighted by atomic mass is 127. The monoisotopic (exact) mass is 256 g/mol. The molecule has 0 radical (unpaired) electrons. The van der Waals surface area contributed by atoms with Crippen molar-refractivity contribution >= 4 is 39.5 Å². The van der Waals surface area contributed by atoms with Crippen LogP contribution in [0.1, 0.15) is 13.3 Å². The minimum absolute atomic E-state index is 0.315. The van der Waals surface area contributed by atoms with E-state index >= 15 is 0 Å². The van der Waals surface area contributed by atoms with Gasteiger partial charge in [0.1, 0.15) is 0 Å². The second-order valence-corrected chi connectivity index (χ2v) is 4.54. The second-order valence-electron chi connectivity index (χ2n) is 2.35. The van der Waals surface area contributed by atoms with Gasteiger partial charge in [0.05, 0.1) is 0 Å². The standard InChI is InChI=1S/C6H9IOS/c1-4-2-5(3-7)9-6(4)8/h4-5H,2-3H2,1H3/t4-,5+/m0/s1. The van der Waals surface area contributed by atoms with E-state index in [0.717, 1.165) is 10.8 Å². The molecule has 0 aromatic heterocycles. The van der Waals surface area contributed by atoms with Crippen molar-refractivity contribution in [2.24, 2.45) is 5.92 Å². The summed E-state index contributed by atoms with van der Waals surface area (Å²) in [5.41, 5.74) is 0. The third-order valence-electron chi connectivity index (χ3n) is 1.47. The van der Waals surface area contributed by atoms with Crippen LogP contribution in [0.2, 0.25) is 0 Å². The fourth-order valence-corrected chi connectivity index (χ4v) is 2.92. The smallest absolute Gasteiger partial charge is 0.192 e. The van der Waals surface area contributed by atoms with Gasteiger partial charge in [0.25, 0.3) is 0 Å². The third kappa shape index (κ3) is 1.83. The minimum Gasteiger partial charge on any atom is -0.287 e. The number of alkyl halides is 1. The van der Waals surface area contributed by atoms with E-state index in [0.29, 0.717) is 16.3 Å². The Morgan fingerprint density at radius 2 is 2.56 bits per heavy atom. The maximum absolute atomic E-state index is 10.9. The van der Waals surface area contributed by atoms with Gasteiger partial charge in [-0.3, -0.25) is 4.79 Å². The molecule has 0 amide bonds. The lowest BCUT2D eigenvalue weighted by molar-refractivity contribution is -0.113. The summed E-state index contributed by atoms with van der Waals surface area (Å²) in [6.07, 6.45) is 1.09. The summed E-state index contributed by atoms with van der Waals surface area (Å²) >= 11 is 3.86. The molecule has 9 heavy (non-hydrogen) atoms. The van der Waals surface area contributed by atoms with E-state index in [1.165, 1.54) is 11.8 Å². The van der Waals surface area contributed by atoms with Gasteiger partial charge in [-0.05, 0) is 6.42 Å². The van der Waals surface area contributed by atoms with Crippen LogP contribution in [0.25, 0.3) is 0 Å². The van der Waals surface area contributed by atoms with Gasteiger partial charge in [-0.2, -0.15) is 0 Å².